The van der Waals surface area contributed by atoms with E-state index in [0.29, 0.717) is 5.56 Å². The molecule has 0 saturated carbocycles. The fourth-order valence-electron chi connectivity index (χ4n) is 1.01. The molecule has 1 aromatic carbocycles. The molecule has 1 aromatic rings. The van der Waals surface area contributed by atoms with Crippen LogP contribution in [0.25, 0.3) is 0 Å². The van der Waals surface area contributed by atoms with Gasteiger partial charge in [-0.25, -0.2) is 4.39 Å². The van der Waals surface area contributed by atoms with E-state index < -0.39 is 12.1 Å². The molecule has 2 nitrogen and oxygen atoms in total. The van der Waals surface area contributed by atoms with Crippen LogP contribution in [0.2, 0.25) is 0 Å². The topological polar surface area (TPSA) is 46.2 Å². The highest BCUT2D eigenvalue weighted by Crippen LogP contribution is 2.16. The molecule has 0 spiro atoms. The summed E-state index contributed by atoms with van der Waals surface area (Å²) in [6, 6.07) is 5.55. The summed E-state index contributed by atoms with van der Waals surface area (Å²) in [4.78, 5) is 0. The number of rotatable bonds is 2. The van der Waals surface area contributed by atoms with Crippen molar-refractivity contribution in [1.29, 1.82) is 0 Å². The molecule has 3 heteroatoms. The predicted octanol–water partition coefficient (Wildman–Crippen LogP) is 1.21. The number of hydrogen-bond acceptors (Lipinski definition) is 2. The summed E-state index contributed by atoms with van der Waals surface area (Å²) in [6.07, 6.45) is -0.734. The number of aliphatic hydroxyl groups excluding tert-OH is 1. The lowest BCUT2D eigenvalue weighted by Gasteiger charge is -2.15. The van der Waals surface area contributed by atoms with Gasteiger partial charge in [0, 0.05) is 5.56 Å². The standard InChI is InChI=1S/C9H12FNO/c1-6(12)9(11)7-4-2-3-5-8(7)10/h2-6,9,12H,11H2,1H3/t6-,9-/m1/s1. The van der Waals surface area contributed by atoms with Gasteiger partial charge in [-0.1, -0.05) is 18.2 Å². The van der Waals surface area contributed by atoms with E-state index in [4.69, 9.17) is 10.8 Å². The van der Waals surface area contributed by atoms with Crippen molar-refractivity contribution in [2.24, 2.45) is 5.73 Å². The average molecular weight is 169 g/mol. The van der Waals surface area contributed by atoms with Gasteiger partial charge in [0.15, 0.2) is 0 Å². The second kappa shape index (κ2) is 3.65. The van der Waals surface area contributed by atoms with Crippen LogP contribution in [0.5, 0.6) is 0 Å². The molecule has 0 amide bonds. The van der Waals surface area contributed by atoms with Crippen LogP contribution in [-0.4, -0.2) is 11.2 Å². The van der Waals surface area contributed by atoms with Gasteiger partial charge < -0.3 is 10.8 Å². The van der Waals surface area contributed by atoms with Crippen LogP contribution in [0, 0.1) is 5.82 Å². The van der Waals surface area contributed by atoms with Crippen LogP contribution in [0.1, 0.15) is 18.5 Å². The van der Waals surface area contributed by atoms with Gasteiger partial charge in [-0.3, -0.25) is 0 Å². The average Bonchev–Trinajstić information content (AvgIpc) is 2.04. The van der Waals surface area contributed by atoms with Crippen LogP contribution in [0.15, 0.2) is 24.3 Å². The third kappa shape index (κ3) is 1.81. The first-order chi connectivity index (χ1) is 5.63. The Labute approximate surface area is 70.8 Å². The van der Waals surface area contributed by atoms with Crippen molar-refractivity contribution in [3.05, 3.63) is 35.6 Å². The lowest BCUT2D eigenvalue weighted by atomic mass is 10.0. The monoisotopic (exact) mass is 169 g/mol. The second-order valence-electron chi connectivity index (χ2n) is 2.79. The minimum absolute atomic E-state index is 0.354. The molecule has 0 fully saturated rings. The number of nitrogens with two attached hydrogens (primary N) is 1. The van der Waals surface area contributed by atoms with E-state index in [-0.39, 0.29) is 5.82 Å². The summed E-state index contributed by atoms with van der Waals surface area (Å²) in [5.41, 5.74) is 5.90. The van der Waals surface area contributed by atoms with E-state index in [2.05, 4.69) is 0 Å². The summed E-state index contributed by atoms with van der Waals surface area (Å²) in [5.74, 6) is -0.370. The number of aliphatic hydroxyl groups is 1. The SMILES string of the molecule is C[C@@H](O)[C@@H](N)c1ccccc1F. The summed E-state index contributed by atoms with van der Waals surface area (Å²) in [6.45, 7) is 1.54. The molecule has 0 aliphatic rings. The molecule has 12 heavy (non-hydrogen) atoms. The molecule has 66 valence electrons. The van der Waals surface area contributed by atoms with Gasteiger partial charge >= 0.3 is 0 Å². The number of halogens is 1. The number of hydrogen-bond donors (Lipinski definition) is 2. The highest BCUT2D eigenvalue weighted by molar-refractivity contribution is 5.21. The Balaban J connectivity index is 2.94. The minimum atomic E-state index is -0.734. The van der Waals surface area contributed by atoms with Crippen molar-refractivity contribution in [3.63, 3.8) is 0 Å². The van der Waals surface area contributed by atoms with E-state index in [9.17, 15) is 4.39 Å². The third-order valence-electron chi connectivity index (χ3n) is 1.78. The summed E-state index contributed by atoms with van der Waals surface area (Å²) >= 11 is 0. The molecular weight excluding hydrogens is 157 g/mol. The van der Waals surface area contributed by atoms with Crippen molar-refractivity contribution in [2.45, 2.75) is 19.1 Å². The molecule has 0 radical (unpaired) electrons. The molecule has 0 aliphatic carbocycles. The van der Waals surface area contributed by atoms with Crippen LogP contribution >= 0.6 is 0 Å². The maximum Gasteiger partial charge on any atom is 0.128 e. The normalized spacial score (nSPS) is 15.7. The molecule has 0 heterocycles. The van der Waals surface area contributed by atoms with Crippen LogP contribution in [-0.2, 0) is 0 Å². The second-order valence-corrected chi connectivity index (χ2v) is 2.79. The van der Waals surface area contributed by atoms with Crippen molar-refractivity contribution >= 4 is 0 Å². The Bertz CT molecular complexity index is 262. The minimum Gasteiger partial charge on any atom is -0.391 e. The zero-order valence-electron chi connectivity index (χ0n) is 6.87. The molecule has 3 N–H and O–H groups in total. The van der Waals surface area contributed by atoms with E-state index in [0.717, 1.165) is 0 Å². The lowest BCUT2D eigenvalue weighted by Crippen LogP contribution is -2.24. The van der Waals surface area contributed by atoms with E-state index >= 15 is 0 Å². The molecule has 0 bridgehead atoms. The lowest BCUT2D eigenvalue weighted by molar-refractivity contribution is 0.162. The first-order valence-corrected chi connectivity index (χ1v) is 3.81. The zero-order valence-corrected chi connectivity index (χ0v) is 6.87. The van der Waals surface area contributed by atoms with Crippen LogP contribution in [0.3, 0.4) is 0 Å². The maximum atomic E-state index is 13.0. The predicted molar refractivity (Wildman–Crippen MR) is 45.0 cm³/mol. The zero-order chi connectivity index (χ0) is 9.14. The summed E-state index contributed by atoms with van der Waals surface area (Å²) in [7, 11) is 0. The Morgan fingerprint density at radius 2 is 2.00 bits per heavy atom. The van der Waals surface area contributed by atoms with Gasteiger partial charge in [0.1, 0.15) is 5.82 Å². The summed E-state index contributed by atoms with van der Waals surface area (Å²) < 4.78 is 13.0. The molecule has 0 aliphatic heterocycles. The molecule has 0 unspecified atom stereocenters. The van der Waals surface area contributed by atoms with E-state index in [1.165, 1.54) is 13.0 Å². The van der Waals surface area contributed by atoms with Gasteiger partial charge in [-0.15, -0.1) is 0 Å². The van der Waals surface area contributed by atoms with Gasteiger partial charge in [-0.05, 0) is 13.0 Å². The quantitative estimate of drug-likeness (QED) is 0.699. The molecule has 0 aromatic heterocycles. The van der Waals surface area contributed by atoms with Gasteiger partial charge in [-0.2, -0.15) is 0 Å². The van der Waals surface area contributed by atoms with Crippen LogP contribution in [0.4, 0.5) is 4.39 Å². The first kappa shape index (κ1) is 9.16. The van der Waals surface area contributed by atoms with Gasteiger partial charge in [0.05, 0.1) is 12.1 Å². The fraction of sp³-hybridized carbons (Fsp3) is 0.333. The van der Waals surface area contributed by atoms with E-state index in [1.54, 1.807) is 18.2 Å². The van der Waals surface area contributed by atoms with Gasteiger partial charge in [0.2, 0.25) is 0 Å². The Hall–Kier alpha value is -0.930. The highest BCUT2D eigenvalue weighted by Gasteiger charge is 2.14. The van der Waals surface area contributed by atoms with Crippen LogP contribution < -0.4 is 5.73 Å². The molecule has 1 rings (SSSR count). The molecule has 2 atom stereocenters. The van der Waals surface area contributed by atoms with Crippen molar-refractivity contribution in [2.75, 3.05) is 0 Å². The Kier molecular flexibility index (Phi) is 2.78. The molecule has 0 saturated heterocycles. The van der Waals surface area contributed by atoms with Crippen molar-refractivity contribution in [3.8, 4) is 0 Å². The Morgan fingerprint density at radius 3 is 2.50 bits per heavy atom. The highest BCUT2D eigenvalue weighted by atomic mass is 19.1. The fourth-order valence-corrected chi connectivity index (χ4v) is 1.01. The largest absolute Gasteiger partial charge is 0.391 e. The smallest absolute Gasteiger partial charge is 0.128 e. The van der Waals surface area contributed by atoms with Gasteiger partial charge in [0.25, 0.3) is 0 Å². The molecular formula is C9H12FNO. The van der Waals surface area contributed by atoms with E-state index in [1.807, 2.05) is 0 Å². The maximum absolute atomic E-state index is 13.0. The number of benzene rings is 1. The third-order valence-corrected chi connectivity index (χ3v) is 1.78. The van der Waals surface area contributed by atoms with Crippen molar-refractivity contribution < 1.29 is 9.50 Å². The van der Waals surface area contributed by atoms with Crippen molar-refractivity contribution in [1.82, 2.24) is 0 Å². The Morgan fingerprint density at radius 1 is 1.42 bits per heavy atom. The summed E-state index contributed by atoms with van der Waals surface area (Å²) in [5, 5.41) is 9.11. The first-order valence-electron chi connectivity index (χ1n) is 3.81.